The Hall–Kier alpha value is -2.41. The van der Waals surface area contributed by atoms with Gasteiger partial charge in [0.05, 0.1) is 18.3 Å². The van der Waals surface area contributed by atoms with Gasteiger partial charge in [-0.2, -0.15) is 5.10 Å². The lowest BCUT2D eigenvalue weighted by molar-refractivity contribution is 0.0338. The van der Waals surface area contributed by atoms with Crippen LogP contribution in [0.2, 0.25) is 0 Å². The van der Waals surface area contributed by atoms with E-state index < -0.39 is 0 Å². The van der Waals surface area contributed by atoms with E-state index in [4.69, 9.17) is 0 Å². The van der Waals surface area contributed by atoms with E-state index in [9.17, 15) is 5.11 Å². The number of aryl methyl sites for hydroxylation is 1. The van der Waals surface area contributed by atoms with Crippen LogP contribution in [0.1, 0.15) is 24.4 Å². The Morgan fingerprint density at radius 3 is 2.91 bits per heavy atom. The highest BCUT2D eigenvalue weighted by Gasteiger charge is 2.36. The maximum atomic E-state index is 9.64. The summed E-state index contributed by atoms with van der Waals surface area (Å²) in [5.74, 6) is 1.08. The highest BCUT2D eigenvalue weighted by molar-refractivity contribution is 5.46. The number of nitrogens with zero attached hydrogens (tertiary/aromatic N) is 5. The van der Waals surface area contributed by atoms with Crippen LogP contribution in [-0.4, -0.2) is 35.6 Å². The molecule has 2 N–H and O–H groups in total. The molecule has 3 heterocycles. The zero-order valence-electron chi connectivity index (χ0n) is 12.3. The van der Waals surface area contributed by atoms with Crippen molar-refractivity contribution < 1.29 is 5.11 Å². The first-order valence-electron chi connectivity index (χ1n) is 7.43. The number of aliphatic hydroxyl groups is 1. The van der Waals surface area contributed by atoms with Crippen molar-refractivity contribution in [2.75, 3.05) is 5.32 Å². The molecule has 114 valence electrons. The summed E-state index contributed by atoms with van der Waals surface area (Å²) in [4.78, 5) is 0. The van der Waals surface area contributed by atoms with Crippen LogP contribution in [0.25, 0.3) is 5.65 Å². The summed E-state index contributed by atoms with van der Waals surface area (Å²) < 4.78 is 3.72. The van der Waals surface area contributed by atoms with Crippen molar-refractivity contribution in [1.82, 2.24) is 24.4 Å². The normalized spacial score (nSPS) is 22.5. The second kappa shape index (κ2) is 5.10. The second-order valence-electron chi connectivity index (χ2n) is 5.91. The number of rotatable bonds is 4. The molecular formula is C15H18N6O. The highest BCUT2D eigenvalue weighted by Crippen LogP contribution is 2.39. The second-order valence-corrected chi connectivity index (χ2v) is 5.91. The Kier molecular flexibility index (Phi) is 3.07. The predicted molar refractivity (Wildman–Crippen MR) is 81.3 cm³/mol. The smallest absolute Gasteiger partial charge is 0.229 e. The van der Waals surface area contributed by atoms with Gasteiger partial charge in [-0.25, -0.2) is 0 Å². The van der Waals surface area contributed by atoms with Gasteiger partial charge in [-0.05, 0) is 30.9 Å². The Balaban J connectivity index is 1.66. The van der Waals surface area contributed by atoms with Gasteiger partial charge in [0.25, 0.3) is 0 Å². The highest BCUT2D eigenvalue weighted by atomic mass is 16.3. The molecule has 0 saturated heterocycles. The maximum Gasteiger partial charge on any atom is 0.229 e. The van der Waals surface area contributed by atoms with Gasteiger partial charge in [0.15, 0.2) is 5.65 Å². The molecule has 0 radical (unpaired) electrons. The first-order valence-corrected chi connectivity index (χ1v) is 7.43. The number of aromatic nitrogens is 5. The maximum absolute atomic E-state index is 9.64. The SMILES string of the molecule is Cn1cc([C@@H](Nc2nnc3ccccn23)C2CC(O)C2)cn1. The van der Waals surface area contributed by atoms with E-state index in [2.05, 4.69) is 20.6 Å². The van der Waals surface area contributed by atoms with E-state index in [0.29, 0.717) is 11.9 Å². The standard InChI is InChI=1S/C15H18N6O/c1-20-9-11(8-16-20)14(10-6-12(22)7-10)17-15-19-18-13-4-2-3-5-21(13)15/h2-5,8-10,12,14,22H,6-7H2,1H3,(H,17,19)/t10?,12?,14-/m0/s1. The van der Waals surface area contributed by atoms with Gasteiger partial charge in [-0.15, -0.1) is 10.2 Å². The van der Waals surface area contributed by atoms with Crippen LogP contribution >= 0.6 is 0 Å². The average Bonchev–Trinajstić information content (AvgIpc) is 3.08. The Labute approximate surface area is 127 Å². The number of hydrogen-bond donors (Lipinski definition) is 2. The Bertz CT molecular complexity index is 788. The quantitative estimate of drug-likeness (QED) is 0.761. The summed E-state index contributed by atoms with van der Waals surface area (Å²) in [5, 5.41) is 25.8. The Morgan fingerprint density at radius 2 is 2.18 bits per heavy atom. The van der Waals surface area contributed by atoms with Gasteiger partial charge >= 0.3 is 0 Å². The first kappa shape index (κ1) is 13.3. The molecule has 3 aromatic rings. The molecule has 1 aliphatic carbocycles. The fourth-order valence-corrected chi connectivity index (χ4v) is 3.06. The summed E-state index contributed by atoms with van der Waals surface area (Å²) in [5.41, 5.74) is 1.91. The molecule has 0 bridgehead atoms. The molecule has 0 unspecified atom stereocenters. The third-order valence-corrected chi connectivity index (χ3v) is 4.30. The molecule has 0 aliphatic heterocycles. The van der Waals surface area contributed by atoms with Crippen molar-refractivity contribution in [2.24, 2.45) is 13.0 Å². The van der Waals surface area contributed by atoms with Crippen molar-refractivity contribution in [3.63, 3.8) is 0 Å². The minimum absolute atomic E-state index is 0.0738. The van der Waals surface area contributed by atoms with Crippen LogP contribution in [0.5, 0.6) is 0 Å². The van der Waals surface area contributed by atoms with Gasteiger partial charge in [-0.1, -0.05) is 6.07 Å². The van der Waals surface area contributed by atoms with E-state index in [-0.39, 0.29) is 12.1 Å². The molecule has 7 nitrogen and oxygen atoms in total. The molecule has 1 aliphatic rings. The molecule has 7 heteroatoms. The third-order valence-electron chi connectivity index (χ3n) is 4.30. The van der Waals surface area contributed by atoms with Gasteiger partial charge in [0, 0.05) is 25.0 Å². The molecule has 4 rings (SSSR count). The summed E-state index contributed by atoms with van der Waals surface area (Å²) in [6.07, 6.45) is 7.21. The zero-order valence-corrected chi connectivity index (χ0v) is 12.3. The van der Waals surface area contributed by atoms with E-state index in [1.54, 1.807) is 4.68 Å². The van der Waals surface area contributed by atoms with Crippen molar-refractivity contribution in [2.45, 2.75) is 25.0 Å². The minimum Gasteiger partial charge on any atom is -0.393 e. The molecule has 1 atom stereocenters. The van der Waals surface area contributed by atoms with Gasteiger partial charge in [-0.3, -0.25) is 9.08 Å². The van der Waals surface area contributed by atoms with E-state index >= 15 is 0 Å². The topological polar surface area (TPSA) is 80.3 Å². The molecule has 3 aromatic heterocycles. The fourth-order valence-electron chi connectivity index (χ4n) is 3.06. The molecule has 0 aromatic carbocycles. The van der Waals surface area contributed by atoms with Crippen LogP contribution in [0.4, 0.5) is 5.95 Å². The molecule has 22 heavy (non-hydrogen) atoms. The lowest BCUT2D eigenvalue weighted by Crippen LogP contribution is -2.36. The number of hydrogen-bond acceptors (Lipinski definition) is 5. The summed E-state index contributed by atoms with van der Waals surface area (Å²) in [6, 6.07) is 5.89. The van der Waals surface area contributed by atoms with Gasteiger partial charge < -0.3 is 10.4 Å². The van der Waals surface area contributed by atoms with Crippen LogP contribution in [-0.2, 0) is 7.05 Å². The lowest BCUT2D eigenvalue weighted by atomic mass is 9.75. The van der Waals surface area contributed by atoms with Crippen molar-refractivity contribution >= 4 is 11.6 Å². The van der Waals surface area contributed by atoms with E-state index in [1.807, 2.05) is 48.2 Å². The number of pyridine rings is 1. The molecule has 0 amide bonds. The van der Waals surface area contributed by atoms with E-state index in [1.165, 1.54) is 0 Å². The van der Waals surface area contributed by atoms with Crippen LogP contribution in [0, 0.1) is 5.92 Å². The number of aliphatic hydroxyl groups excluding tert-OH is 1. The first-order chi connectivity index (χ1) is 10.7. The third kappa shape index (κ3) is 2.23. The minimum atomic E-state index is -0.193. The zero-order chi connectivity index (χ0) is 15.1. The van der Waals surface area contributed by atoms with Gasteiger partial charge in [0.1, 0.15) is 0 Å². The molecular weight excluding hydrogens is 280 g/mol. The predicted octanol–water partition coefficient (Wildman–Crippen LogP) is 1.39. The summed E-state index contributed by atoms with van der Waals surface area (Å²) >= 11 is 0. The average molecular weight is 298 g/mol. The van der Waals surface area contributed by atoms with Crippen LogP contribution in [0.15, 0.2) is 36.8 Å². The number of nitrogens with one attached hydrogen (secondary N) is 1. The lowest BCUT2D eigenvalue weighted by Gasteiger charge is -2.37. The van der Waals surface area contributed by atoms with Crippen molar-refractivity contribution in [3.05, 3.63) is 42.4 Å². The van der Waals surface area contributed by atoms with Gasteiger partial charge in [0.2, 0.25) is 5.95 Å². The molecule has 1 fully saturated rings. The summed E-state index contributed by atoms with van der Waals surface area (Å²) in [6.45, 7) is 0. The monoisotopic (exact) mass is 298 g/mol. The van der Waals surface area contributed by atoms with Crippen LogP contribution in [0.3, 0.4) is 0 Å². The van der Waals surface area contributed by atoms with E-state index in [0.717, 1.165) is 24.1 Å². The molecule has 0 spiro atoms. The largest absolute Gasteiger partial charge is 0.393 e. The fraction of sp³-hybridized carbons (Fsp3) is 0.400. The number of anilines is 1. The van der Waals surface area contributed by atoms with Crippen molar-refractivity contribution in [1.29, 1.82) is 0 Å². The van der Waals surface area contributed by atoms with Crippen molar-refractivity contribution in [3.8, 4) is 0 Å². The number of fused-ring (bicyclic) bond motifs is 1. The molecule has 1 saturated carbocycles. The van der Waals surface area contributed by atoms with Crippen LogP contribution < -0.4 is 5.32 Å². The summed E-state index contributed by atoms with van der Waals surface area (Å²) in [7, 11) is 1.91. The Morgan fingerprint density at radius 1 is 1.32 bits per heavy atom.